The molecule has 106 valence electrons. The Bertz CT molecular complexity index is 430. The summed E-state index contributed by atoms with van der Waals surface area (Å²) in [6.45, 7) is 1.98. The number of halogens is 2. The Morgan fingerprint density at radius 3 is 3.11 bits per heavy atom. The third-order valence-corrected chi connectivity index (χ3v) is 3.26. The first kappa shape index (κ1) is 16.0. The van der Waals surface area contributed by atoms with E-state index in [9.17, 15) is 4.79 Å². The molecule has 1 fully saturated rings. The van der Waals surface area contributed by atoms with Crippen LogP contribution in [-0.2, 0) is 4.79 Å². The minimum absolute atomic E-state index is 0. The van der Waals surface area contributed by atoms with Crippen molar-refractivity contribution < 1.29 is 4.79 Å². The van der Waals surface area contributed by atoms with Crippen LogP contribution in [0.5, 0.6) is 0 Å². The number of pyridine rings is 1. The monoisotopic (exact) mass is 304 g/mol. The summed E-state index contributed by atoms with van der Waals surface area (Å²) in [5.41, 5.74) is 5.34. The quantitative estimate of drug-likeness (QED) is 0.877. The van der Waals surface area contributed by atoms with Crippen molar-refractivity contribution in [2.24, 2.45) is 5.73 Å². The van der Waals surface area contributed by atoms with E-state index in [1.807, 2.05) is 12.1 Å². The average Bonchev–Trinajstić information content (AvgIpc) is 2.78. The van der Waals surface area contributed by atoms with Crippen molar-refractivity contribution in [1.29, 1.82) is 0 Å². The first-order valence-corrected chi connectivity index (χ1v) is 6.43. The van der Waals surface area contributed by atoms with Gasteiger partial charge in [-0.1, -0.05) is 11.6 Å². The Kier molecular flexibility index (Phi) is 6.34. The first-order chi connectivity index (χ1) is 8.70. The van der Waals surface area contributed by atoms with Gasteiger partial charge < -0.3 is 16.0 Å². The van der Waals surface area contributed by atoms with E-state index in [2.05, 4.69) is 15.2 Å². The molecule has 1 atom stereocenters. The number of carbonyl (C=O) groups is 1. The summed E-state index contributed by atoms with van der Waals surface area (Å²) in [5.74, 6) is 0.797. The number of hydrogen-bond donors (Lipinski definition) is 2. The van der Waals surface area contributed by atoms with Gasteiger partial charge in [0.25, 0.3) is 0 Å². The summed E-state index contributed by atoms with van der Waals surface area (Å²) >= 11 is 6.10. The van der Waals surface area contributed by atoms with Gasteiger partial charge in [-0.2, -0.15) is 0 Å². The predicted molar refractivity (Wildman–Crippen MR) is 78.9 cm³/mol. The zero-order valence-corrected chi connectivity index (χ0v) is 12.1. The topological polar surface area (TPSA) is 71.2 Å². The Morgan fingerprint density at radius 1 is 1.63 bits per heavy atom. The van der Waals surface area contributed by atoms with Crippen LogP contribution >= 0.6 is 24.0 Å². The van der Waals surface area contributed by atoms with Crippen molar-refractivity contribution in [3.8, 4) is 0 Å². The highest BCUT2D eigenvalue weighted by Gasteiger charge is 2.25. The second kappa shape index (κ2) is 7.53. The number of carbonyl (C=O) groups excluding carboxylic acids is 1. The molecule has 2 rings (SSSR count). The number of nitrogens with two attached hydrogens (primary N) is 1. The molecular weight excluding hydrogens is 287 g/mol. The lowest BCUT2D eigenvalue weighted by Gasteiger charge is -2.18. The van der Waals surface area contributed by atoms with Gasteiger partial charge in [0.05, 0.1) is 5.02 Å². The molecule has 0 spiro atoms. The number of amides is 1. The fourth-order valence-electron chi connectivity index (χ4n) is 2.11. The predicted octanol–water partition coefficient (Wildman–Crippen LogP) is 1.20. The van der Waals surface area contributed by atoms with E-state index in [0.717, 1.165) is 25.3 Å². The average molecular weight is 305 g/mol. The summed E-state index contributed by atoms with van der Waals surface area (Å²) < 4.78 is 0. The van der Waals surface area contributed by atoms with Gasteiger partial charge in [0.2, 0.25) is 5.91 Å². The van der Waals surface area contributed by atoms with Gasteiger partial charge in [-0.3, -0.25) is 4.79 Å². The van der Waals surface area contributed by atoms with Crippen LogP contribution in [0.15, 0.2) is 18.3 Å². The lowest BCUT2D eigenvalue weighted by molar-refractivity contribution is -0.121. The van der Waals surface area contributed by atoms with Crippen LogP contribution in [0.3, 0.4) is 0 Å². The maximum absolute atomic E-state index is 11.5. The number of anilines is 1. The molecule has 7 heteroatoms. The van der Waals surface area contributed by atoms with Crippen molar-refractivity contribution in [2.45, 2.75) is 18.9 Å². The molecule has 5 nitrogen and oxygen atoms in total. The molecule has 1 unspecified atom stereocenters. The minimum atomic E-state index is 0. The van der Waals surface area contributed by atoms with Crippen molar-refractivity contribution >= 4 is 35.7 Å². The van der Waals surface area contributed by atoms with E-state index in [1.165, 1.54) is 0 Å². The van der Waals surface area contributed by atoms with Crippen LogP contribution in [-0.4, -0.2) is 36.6 Å². The molecule has 1 aromatic rings. The number of nitrogens with zero attached hydrogens (tertiary/aromatic N) is 2. The van der Waals surface area contributed by atoms with E-state index in [0.29, 0.717) is 18.0 Å². The SMILES string of the molecule is Cl.NCCC(=O)NC1CCN(c2ncccc2Cl)C1. The standard InChI is InChI=1S/C12H17ClN4O.ClH/c13-10-2-1-6-15-12(10)17-7-4-9(8-17)16-11(18)3-5-14;/h1-2,6,9H,3-5,7-8,14H2,(H,16,18);1H. The summed E-state index contributed by atoms with van der Waals surface area (Å²) in [4.78, 5) is 17.8. The Balaban J connectivity index is 0.00000180. The zero-order valence-electron chi connectivity index (χ0n) is 10.5. The molecule has 19 heavy (non-hydrogen) atoms. The van der Waals surface area contributed by atoms with Crippen LogP contribution in [0.1, 0.15) is 12.8 Å². The summed E-state index contributed by atoms with van der Waals surface area (Å²) in [7, 11) is 0. The first-order valence-electron chi connectivity index (χ1n) is 6.05. The van der Waals surface area contributed by atoms with E-state index >= 15 is 0 Å². The molecule has 1 aliphatic rings. The molecule has 1 saturated heterocycles. The fraction of sp³-hybridized carbons (Fsp3) is 0.500. The highest BCUT2D eigenvalue weighted by atomic mass is 35.5. The van der Waals surface area contributed by atoms with Gasteiger partial charge in [0.1, 0.15) is 5.82 Å². The Hall–Kier alpha value is -1.04. The van der Waals surface area contributed by atoms with E-state index < -0.39 is 0 Å². The second-order valence-corrected chi connectivity index (χ2v) is 4.75. The Morgan fingerprint density at radius 2 is 2.42 bits per heavy atom. The van der Waals surface area contributed by atoms with Gasteiger partial charge in [0, 0.05) is 38.3 Å². The van der Waals surface area contributed by atoms with Crippen LogP contribution in [0.2, 0.25) is 5.02 Å². The molecular formula is C12H18Cl2N4O. The summed E-state index contributed by atoms with van der Waals surface area (Å²) in [6.07, 6.45) is 3.01. The van der Waals surface area contributed by atoms with Crippen LogP contribution in [0.25, 0.3) is 0 Å². The maximum Gasteiger partial charge on any atom is 0.221 e. The fourth-order valence-corrected chi connectivity index (χ4v) is 2.35. The minimum Gasteiger partial charge on any atom is -0.353 e. The van der Waals surface area contributed by atoms with Crippen molar-refractivity contribution in [3.05, 3.63) is 23.4 Å². The van der Waals surface area contributed by atoms with Crippen LogP contribution < -0.4 is 16.0 Å². The molecule has 0 aromatic carbocycles. The number of nitrogens with one attached hydrogen (secondary N) is 1. The number of aromatic nitrogens is 1. The lowest BCUT2D eigenvalue weighted by atomic mass is 10.2. The zero-order chi connectivity index (χ0) is 13.0. The smallest absolute Gasteiger partial charge is 0.221 e. The second-order valence-electron chi connectivity index (χ2n) is 4.35. The van der Waals surface area contributed by atoms with Gasteiger partial charge in [-0.15, -0.1) is 12.4 Å². The highest BCUT2D eigenvalue weighted by Crippen LogP contribution is 2.25. The van der Waals surface area contributed by atoms with E-state index in [1.54, 1.807) is 6.20 Å². The van der Waals surface area contributed by atoms with Crippen LogP contribution in [0.4, 0.5) is 5.82 Å². The molecule has 1 aromatic heterocycles. The normalized spacial score (nSPS) is 18.0. The third kappa shape index (κ3) is 4.23. The van der Waals surface area contributed by atoms with Gasteiger partial charge in [-0.05, 0) is 18.6 Å². The van der Waals surface area contributed by atoms with Crippen molar-refractivity contribution in [3.63, 3.8) is 0 Å². The molecule has 0 aliphatic carbocycles. The number of hydrogen-bond acceptors (Lipinski definition) is 4. The van der Waals surface area contributed by atoms with Gasteiger partial charge in [-0.25, -0.2) is 4.98 Å². The number of rotatable bonds is 4. The van der Waals surface area contributed by atoms with E-state index in [-0.39, 0.29) is 24.4 Å². The Labute approximate surface area is 123 Å². The molecule has 0 saturated carbocycles. The van der Waals surface area contributed by atoms with E-state index in [4.69, 9.17) is 17.3 Å². The molecule has 1 amide bonds. The maximum atomic E-state index is 11.5. The molecule has 0 radical (unpaired) electrons. The molecule has 2 heterocycles. The summed E-state index contributed by atoms with van der Waals surface area (Å²) in [6, 6.07) is 3.79. The lowest BCUT2D eigenvalue weighted by Crippen LogP contribution is -2.38. The van der Waals surface area contributed by atoms with Crippen LogP contribution in [0, 0.1) is 0 Å². The molecule has 1 aliphatic heterocycles. The van der Waals surface area contributed by atoms with Crippen molar-refractivity contribution in [1.82, 2.24) is 10.3 Å². The van der Waals surface area contributed by atoms with Gasteiger partial charge >= 0.3 is 0 Å². The largest absolute Gasteiger partial charge is 0.353 e. The van der Waals surface area contributed by atoms with Crippen molar-refractivity contribution in [2.75, 3.05) is 24.5 Å². The van der Waals surface area contributed by atoms with Gasteiger partial charge in [0.15, 0.2) is 0 Å². The molecule has 3 N–H and O–H groups in total. The third-order valence-electron chi connectivity index (χ3n) is 2.96. The highest BCUT2D eigenvalue weighted by molar-refractivity contribution is 6.32. The molecule has 0 bridgehead atoms. The summed E-state index contributed by atoms with van der Waals surface area (Å²) in [5, 5.41) is 3.61.